The van der Waals surface area contributed by atoms with Crippen molar-refractivity contribution in [1.82, 2.24) is 4.98 Å². The van der Waals surface area contributed by atoms with Gasteiger partial charge in [-0.2, -0.15) is 0 Å². The number of primary amides is 1. The number of carbonyl (C=O) groups is 2. The summed E-state index contributed by atoms with van der Waals surface area (Å²) in [5.74, 6) is -0.126. The van der Waals surface area contributed by atoms with E-state index in [2.05, 4.69) is 10.3 Å². The van der Waals surface area contributed by atoms with Gasteiger partial charge in [-0.15, -0.1) is 23.1 Å². The molecule has 8 heteroatoms. The van der Waals surface area contributed by atoms with Crippen LogP contribution in [0.4, 0.5) is 10.8 Å². The Morgan fingerprint density at radius 2 is 2.15 bits per heavy atom. The molecule has 2 amide bonds. The second-order valence-corrected chi connectivity index (χ2v) is 5.75. The fourth-order valence-electron chi connectivity index (χ4n) is 1.39. The van der Waals surface area contributed by atoms with Crippen LogP contribution in [0.1, 0.15) is 10.4 Å². The molecule has 0 aliphatic carbocycles. The smallest absolute Gasteiger partial charge is 0.251 e. The van der Waals surface area contributed by atoms with Crippen molar-refractivity contribution in [3.63, 3.8) is 0 Å². The molecule has 0 unspecified atom stereocenters. The summed E-state index contributed by atoms with van der Waals surface area (Å²) in [5, 5.41) is 4.84. The Hall–Kier alpha value is -2.06. The highest BCUT2D eigenvalue weighted by atomic mass is 32.2. The number of thiophene rings is 1. The minimum absolute atomic E-state index is 0.210. The fourth-order valence-corrected chi connectivity index (χ4v) is 2.86. The zero-order chi connectivity index (χ0) is 14.5. The van der Waals surface area contributed by atoms with Gasteiger partial charge >= 0.3 is 0 Å². The SMILES string of the molecule is NC(=O)c1ccsc1NC(=O)CSc1ccc(N)nc1. The van der Waals surface area contributed by atoms with Crippen LogP contribution in [-0.2, 0) is 4.79 Å². The summed E-state index contributed by atoms with van der Waals surface area (Å²) in [5.41, 5.74) is 11.0. The summed E-state index contributed by atoms with van der Waals surface area (Å²) in [7, 11) is 0. The lowest BCUT2D eigenvalue weighted by Gasteiger charge is -2.04. The number of pyridine rings is 1. The van der Waals surface area contributed by atoms with Gasteiger partial charge in [0.15, 0.2) is 0 Å². The molecule has 2 rings (SSSR count). The highest BCUT2D eigenvalue weighted by Gasteiger charge is 2.12. The predicted molar refractivity (Wildman–Crippen MR) is 80.8 cm³/mol. The monoisotopic (exact) mass is 308 g/mol. The third-order valence-corrected chi connectivity index (χ3v) is 4.12. The molecule has 0 fully saturated rings. The summed E-state index contributed by atoms with van der Waals surface area (Å²) in [4.78, 5) is 27.7. The molecule has 0 aliphatic rings. The van der Waals surface area contributed by atoms with E-state index in [1.54, 1.807) is 29.8 Å². The number of nitrogens with zero attached hydrogens (tertiary/aromatic N) is 1. The molecule has 2 aromatic rings. The fraction of sp³-hybridized carbons (Fsp3) is 0.0833. The third-order valence-electron chi connectivity index (χ3n) is 2.31. The lowest BCUT2D eigenvalue weighted by Crippen LogP contribution is -2.17. The molecule has 2 aromatic heterocycles. The summed E-state index contributed by atoms with van der Waals surface area (Å²) in [6, 6.07) is 5.05. The summed E-state index contributed by atoms with van der Waals surface area (Å²) < 4.78 is 0. The van der Waals surface area contributed by atoms with Crippen LogP contribution in [0.2, 0.25) is 0 Å². The maximum absolute atomic E-state index is 11.8. The average Bonchev–Trinajstić information content (AvgIpc) is 2.86. The molecule has 0 atom stereocenters. The minimum atomic E-state index is -0.558. The van der Waals surface area contributed by atoms with Gasteiger partial charge in [-0.3, -0.25) is 9.59 Å². The standard InChI is InChI=1S/C12H12N4O2S2/c13-9-2-1-7(5-15-9)20-6-10(17)16-12-8(11(14)18)3-4-19-12/h1-5H,6H2,(H2,13,15)(H2,14,18)(H,16,17). The van der Waals surface area contributed by atoms with E-state index < -0.39 is 5.91 Å². The number of anilines is 2. The van der Waals surface area contributed by atoms with Gasteiger partial charge < -0.3 is 16.8 Å². The van der Waals surface area contributed by atoms with Crippen LogP contribution in [0.5, 0.6) is 0 Å². The van der Waals surface area contributed by atoms with Crippen LogP contribution < -0.4 is 16.8 Å². The van der Waals surface area contributed by atoms with E-state index in [0.29, 0.717) is 16.4 Å². The number of aromatic nitrogens is 1. The van der Waals surface area contributed by atoms with Gasteiger partial charge in [0, 0.05) is 11.1 Å². The first-order chi connectivity index (χ1) is 9.56. The van der Waals surface area contributed by atoms with Crippen LogP contribution in [0.15, 0.2) is 34.7 Å². The van der Waals surface area contributed by atoms with Gasteiger partial charge in [-0.25, -0.2) is 4.98 Å². The largest absolute Gasteiger partial charge is 0.384 e. The van der Waals surface area contributed by atoms with Crippen molar-refractivity contribution in [2.45, 2.75) is 4.90 Å². The molecule has 0 radical (unpaired) electrons. The first-order valence-corrected chi connectivity index (χ1v) is 7.44. The second kappa shape index (κ2) is 6.40. The van der Waals surface area contributed by atoms with E-state index >= 15 is 0 Å². The van der Waals surface area contributed by atoms with Crippen molar-refractivity contribution in [2.24, 2.45) is 5.73 Å². The van der Waals surface area contributed by atoms with Crippen molar-refractivity contribution in [3.8, 4) is 0 Å². The molecule has 0 bridgehead atoms. The number of amides is 2. The Morgan fingerprint density at radius 1 is 1.35 bits per heavy atom. The van der Waals surface area contributed by atoms with Gasteiger partial charge in [-0.05, 0) is 23.6 Å². The van der Waals surface area contributed by atoms with E-state index in [4.69, 9.17) is 11.5 Å². The molecule has 2 heterocycles. The predicted octanol–water partition coefficient (Wildman–Crippen LogP) is 1.55. The summed E-state index contributed by atoms with van der Waals surface area (Å²) >= 11 is 2.59. The molecule has 5 N–H and O–H groups in total. The Morgan fingerprint density at radius 3 is 2.80 bits per heavy atom. The highest BCUT2D eigenvalue weighted by Crippen LogP contribution is 2.23. The number of hydrogen-bond donors (Lipinski definition) is 3. The molecule has 0 saturated heterocycles. The molecular weight excluding hydrogens is 296 g/mol. The number of nitrogens with one attached hydrogen (secondary N) is 1. The topological polar surface area (TPSA) is 111 Å². The van der Waals surface area contributed by atoms with Gasteiger partial charge in [0.25, 0.3) is 5.91 Å². The van der Waals surface area contributed by atoms with Gasteiger partial charge in [0.05, 0.1) is 11.3 Å². The number of carbonyl (C=O) groups excluding carboxylic acids is 2. The molecule has 6 nitrogen and oxygen atoms in total. The van der Waals surface area contributed by atoms with Crippen LogP contribution in [0.3, 0.4) is 0 Å². The molecular formula is C12H12N4O2S2. The molecule has 0 saturated carbocycles. The zero-order valence-electron chi connectivity index (χ0n) is 10.3. The maximum atomic E-state index is 11.8. The number of nitrogens with two attached hydrogens (primary N) is 2. The lowest BCUT2D eigenvalue weighted by molar-refractivity contribution is -0.113. The van der Waals surface area contributed by atoms with Gasteiger partial charge in [0.1, 0.15) is 10.8 Å². The first kappa shape index (κ1) is 14.4. The van der Waals surface area contributed by atoms with Crippen molar-refractivity contribution in [3.05, 3.63) is 35.3 Å². The molecule has 104 valence electrons. The molecule has 0 aliphatic heterocycles. The Labute approximate surface area is 123 Å². The second-order valence-electron chi connectivity index (χ2n) is 3.78. The first-order valence-electron chi connectivity index (χ1n) is 5.57. The summed E-state index contributed by atoms with van der Waals surface area (Å²) in [6.45, 7) is 0. The third kappa shape index (κ3) is 3.72. The maximum Gasteiger partial charge on any atom is 0.251 e. The van der Waals surface area contributed by atoms with Crippen molar-refractivity contribution < 1.29 is 9.59 Å². The van der Waals surface area contributed by atoms with Crippen LogP contribution >= 0.6 is 23.1 Å². The van der Waals surface area contributed by atoms with Crippen LogP contribution in [0.25, 0.3) is 0 Å². The van der Waals surface area contributed by atoms with Crippen LogP contribution in [0, 0.1) is 0 Å². The summed E-state index contributed by atoms with van der Waals surface area (Å²) in [6.07, 6.45) is 1.60. The minimum Gasteiger partial charge on any atom is -0.384 e. The number of nitrogen functional groups attached to an aromatic ring is 1. The average molecular weight is 308 g/mol. The van der Waals surface area contributed by atoms with E-state index in [1.165, 1.54) is 23.1 Å². The van der Waals surface area contributed by atoms with Gasteiger partial charge in [0.2, 0.25) is 5.91 Å². The van der Waals surface area contributed by atoms with E-state index in [-0.39, 0.29) is 11.7 Å². The highest BCUT2D eigenvalue weighted by molar-refractivity contribution is 8.00. The molecule has 0 aromatic carbocycles. The van der Waals surface area contributed by atoms with E-state index in [0.717, 1.165) is 4.90 Å². The molecule has 20 heavy (non-hydrogen) atoms. The number of thioether (sulfide) groups is 1. The quantitative estimate of drug-likeness (QED) is 0.726. The Bertz CT molecular complexity index is 625. The lowest BCUT2D eigenvalue weighted by atomic mass is 10.3. The van der Waals surface area contributed by atoms with Crippen LogP contribution in [-0.4, -0.2) is 22.6 Å². The normalized spacial score (nSPS) is 10.2. The van der Waals surface area contributed by atoms with E-state index in [1.807, 2.05) is 0 Å². The van der Waals surface area contributed by atoms with Crippen molar-refractivity contribution in [2.75, 3.05) is 16.8 Å². The Kier molecular flexibility index (Phi) is 4.59. The van der Waals surface area contributed by atoms with Gasteiger partial charge in [-0.1, -0.05) is 0 Å². The number of hydrogen-bond acceptors (Lipinski definition) is 6. The molecule has 0 spiro atoms. The Balaban J connectivity index is 1.91. The van der Waals surface area contributed by atoms with Crippen molar-refractivity contribution in [1.29, 1.82) is 0 Å². The number of rotatable bonds is 5. The van der Waals surface area contributed by atoms with Crippen molar-refractivity contribution >= 4 is 45.7 Å². The van der Waals surface area contributed by atoms with E-state index in [9.17, 15) is 9.59 Å². The zero-order valence-corrected chi connectivity index (χ0v) is 12.0.